The highest BCUT2D eigenvalue weighted by Gasteiger charge is 2.19. The lowest BCUT2D eigenvalue weighted by Crippen LogP contribution is -2.07. The van der Waals surface area contributed by atoms with Gasteiger partial charge in [-0.15, -0.1) is 0 Å². The summed E-state index contributed by atoms with van der Waals surface area (Å²) in [6.07, 6.45) is 1.08. The molecule has 0 fully saturated rings. The molecule has 0 bridgehead atoms. The number of benzene rings is 1. The van der Waals surface area contributed by atoms with E-state index in [1.165, 1.54) is 22.1 Å². The number of furan rings is 1. The Morgan fingerprint density at radius 3 is 2.40 bits per heavy atom. The van der Waals surface area contributed by atoms with Gasteiger partial charge in [0.15, 0.2) is 0 Å². The van der Waals surface area contributed by atoms with Gasteiger partial charge >= 0.3 is 0 Å². The number of nitrogens with one attached hydrogen (secondary N) is 1. The van der Waals surface area contributed by atoms with Crippen molar-refractivity contribution in [3.8, 4) is 0 Å². The Hall–Kier alpha value is -1.28. The fourth-order valence-electron chi connectivity index (χ4n) is 2.89. The number of aryl methyl sites for hydroxylation is 1. The lowest BCUT2D eigenvalue weighted by atomic mass is 9.93. The monoisotopic (exact) mass is 273 g/mol. The van der Waals surface area contributed by atoms with Crippen molar-refractivity contribution in [3.05, 3.63) is 34.6 Å². The minimum Gasteiger partial charge on any atom is -0.459 e. The van der Waals surface area contributed by atoms with Gasteiger partial charge in [0.1, 0.15) is 11.3 Å². The third kappa shape index (κ3) is 2.76. The molecule has 0 atom stereocenters. The average molecular weight is 273 g/mol. The van der Waals surface area contributed by atoms with Gasteiger partial charge in [0, 0.05) is 10.9 Å². The van der Waals surface area contributed by atoms with E-state index < -0.39 is 0 Å². The highest BCUT2D eigenvalue weighted by atomic mass is 16.3. The van der Waals surface area contributed by atoms with Gasteiger partial charge in [-0.3, -0.25) is 0 Å². The van der Waals surface area contributed by atoms with Crippen molar-refractivity contribution >= 4 is 11.0 Å². The molecule has 1 aromatic heterocycles. The number of fused-ring (bicyclic) bond motifs is 1. The summed E-state index contributed by atoms with van der Waals surface area (Å²) in [5.74, 6) is 2.22. The fourth-order valence-corrected chi connectivity index (χ4v) is 2.89. The highest BCUT2D eigenvalue weighted by Crippen LogP contribution is 2.35. The quantitative estimate of drug-likeness (QED) is 0.848. The molecule has 2 rings (SSSR count). The lowest BCUT2D eigenvalue weighted by molar-refractivity contribution is 0.512. The summed E-state index contributed by atoms with van der Waals surface area (Å²) in [5.41, 5.74) is 5.13. The maximum atomic E-state index is 6.25. The number of rotatable bonds is 5. The van der Waals surface area contributed by atoms with Gasteiger partial charge in [0.25, 0.3) is 0 Å². The van der Waals surface area contributed by atoms with E-state index in [0.717, 1.165) is 24.3 Å². The van der Waals surface area contributed by atoms with Gasteiger partial charge in [-0.2, -0.15) is 0 Å². The Morgan fingerprint density at radius 2 is 1.85 bits per heavy atom. The first-order chi connectivity index (χ1) is 9.45. The molecule has 0 unspecified atom stereocenters. The molecule has 2 heteroatoms. The molecule has 0 saturated carbocycles. The van der Waals surface area contributed by atoms with Crippen LogP contribution in [0.5, 0.6) is 0 Å². The van der Waals surface area contributed by atoms with Gasteiger partial charge in [0.2, 0.25) is 0 Å². The van der Waals surface area contributed by atoms with Crippen LogP contribution in [0.15, 0.2) is 16.5 Å². The predicted octanol–water partition coefficient (Wildman–Crippen LogP) is 4.78. The Morgan fingerprint density at radius 1 is 1.15 bits per heavy atom. The van der Waals surface area contributed by atoms with Crippen LogP contribution in [-0.4, -0.2) is 7.05 Å². The van der Waals surface area contributed by atoms with Crippen LogP contribution >= 0.6 is 0 Å². The second kappa shape index (κ2) is 6.01. The third-order valence-electron chi connectivity index (χ3n) is 3.83. The van der Waals surface area contributed by atoms with Crippen molar-refractivity contribution in [1.29, 1.82) is 0 Å². The average Bonchev–Trinajstić information content (AvgIpc) is 2.68. The molecule has 2 aromatic rings. The molecule has 0 amide bonds. The predicted molar refractivity (Wildman–Crippen MR) is 86.3 cm³/mol. The zero-order chi connectivity index (χ0) is 14.9. The molecule has 0 radical (unpaired) electrons. The zero-order valence-corrected chi connectivity index (χ0v) is 13.6. The van der Waals surface area contributed by atoms with E-state index in [4.69, 9.17) is 4.42 Å². The van der Waals surface area contributed by atoms with Crippen LogP contribution in [0.4, 0.5) is 0 Å². The maximum Gasteiger partial charge on any atom is 0.138 e. The van der Waals surface area contributed by atoms with Crippen LogP contribution in [0, 0.1) is 12.8 Å². The van der Waals surface area contributed by atoms with Gasteiger partial charge in [-0.1, -0.05) is 39.8 Å². The molecule has 2 nitrogen and oxygen atoms in total. The molecule has 1 aromatic carbocycles. The Balaban J connectivity index is 2.72. The van der Waals surface area contributed by atoms with E-state index >= 15 is 0 Å². The first kappa shape index (κ1) is 15.1. The fraction of sp³-hybridized carbons (Fsp3) is 0.556. The summed E-state index contributed by atoms with van der Waals surface area (Å²) in [4.78, 5) is 0. The van der Waals surface area contributed by atoms with E-state index in [2.05, 4.69) is 52.1 Å². The summed E-state index contributed by atoms with van der Waals surface area (Å²) in [7, 11) is 1.97. The molecule has 1 heterocycles. The van der Waals surface area contributed by atoms with E-state index in [1.54, 1.807) is 0 Å². The van der Waals surface area contributed by atoms with Crippen molar-refractivity contribution in [2.24, 2.45) is 5.92 Å². The zero-order valence-electron chi connectivity index (χ0n) is 13.6. The van der Waals surface area contributed by atoms with Gasteiger partial charge < -0.3 is 9.73 Å². The van der Waals surface area contributed by atoms with Gasteiger partial charge in [0.05, 0.1) is 6.54 Å². The minimum atomic E-state index is 0.485. The second-order valence-electron chi connectivity index (χ2n) is 6.46. The molecule has 1 N–H and O–H groups in total. The summed E-state index contributed by atoms with van der Waals surface area (Å²) in [6, 6.07) is 4.45. The van der Waals surface area contributed by atoms with Crippen LogP contribution < -0.4 is 5.32 Å². The van der Waals surface area contributed by atoms with E-state index in [1.807, 2.05) is 7.05 Å². The van der Waals surface area contributed by atoms with Crippen LogP contribution in [0.1, 0.15) is 56.1 Å². The van der Waals surface area contributed by atoms with Gasteiger partial charge in [-0.25, -0.2) is 0 Å². The number of hydrogen-bond acceptors (Lipinski definition) is 2. The van der Waals surface area contributed by atoms with Gasteiger partial charge in [-0.05, 0) is 43.4 Å². The van der Waals surface area contributed by atoms with Crippen molar-refractivity contribution in [2.45, 2.75) is 53.5 Å². The summed E-state index contributed by atoms with van der Waals surface area (Å²) in [6.45, 7) is 12.0. The van der Waals surface area contributed by atoms with E-state index in [-0.39, 0.29) is 0 Å². The SMILES string of the molecule is CNCc1oc2c(C(C)C)ccc(C)c2c1CC(C)C. The largest absolute Gasteiger partial charge is 0.459 e. The van der Waals surface area contributed by atoms with Crippen molar-refractivity contribution < 1.29 is 4.42 Å². The Bertz CT molecular complexity index is 593. The highest BCUT2D eigenvalue weighted by molar-refractivity contribution is 5.88. The van der Waals surface area contributed by atoms with Crippen LogP contribution in [0.25, 0.3) is 11.0 Å². The van der Waals surface area contributed by atoms with Crippen molar-refractivity contribution in [2.75, 3.05) is 7.05 Å². The van der Waals surface area contributed by atoms with Crippen LogP contribution in [-0.2, 0) is 13.0 Å². The molecule has 0 saturated heterocycles. The molecule has 0 aliphatic rings. The van der Waals surface area contributed by atoms with E-state index in [9.17, 15) is 0 Å². The topological polar surface area (TPSA) is 25.2 Å². The Kier molecular flexibility index (Phi) is 4.54. The second-order valence-corrected chi connectivity index (χ2v) is 6.46. The smallest absolute Gasteiger partial charge is 0.138 e. The molecule has 0 aliphatic heterocycles. The summed E-state index contributed by atoms with van der Waals surface area (Å²) < 4.78 is 6.25. The van der Waals surface area contributed by atoms with Crippen LogP contribution in [0.3, 0.4) is 0 Å². The van der Waals surface area contributed by atoms with Crippen molar-refractivity contribution in [1.82, 2.24) is 5.32 Å². The summed E-state index contributed by atoms with van der Waals surface area (Å²) >= 11 is 0. The maximum absolute atomic E-state index is 6.25. The summed E-state index contributed by atoms with van der Waals surface area (Å²) in [5, 5.41) is 4.58. The Labute approximate surface area is 122 Å². The molecular formula is C18H27NO. The van der Waals surface area contributed by atoms with Crippen LogP contribution in [0.2, 0.25) is 0 Å². The molecule has 20 heavy (non-hydrogen) atoms. The minimum absolute atomic E-state index is 0.485. The molecular weight excluding hydrogens is 246 g/mol. The normalized spacial score (nSPS) is 12.0. The molecule has 0 aliphatic carbocycles. The number of hydrogen-bond donors (Lipinski definition) is 1. The first-order valence-corrected chi connectivity index (χ1v) is 7.64. The standard InChI is InChI=1S/C18H27NO/c1-11(2)9-15-16(10-19-6)20-18-14(12(3)4)8-7-13(5)17(15)18/h7-8,11-12,19H,9-10H2,1-6H3. The first-order valence-electron chi connectivity index (χ1n) is 7.64. The third-order valence-corrected chi connectivity index (χ3v) is 3.83. The van der Waals surface area contributed by atoms with Crippen molar-refractivity contribution in [3.63, 3.8) is 0 Å². The molecule has 110 valence electrons. The molecule has 0 spiro atoms. The lowest BCUT2D eigenvalue weighted by Gasteiger charge is -2.09. The van der Waals surface area contributed by atoms with E-state index in [0.29, 0.717) is 11.8 Å².